The Morgan fingerprint density at radius 3 is 2.62 bits per heavy atom. The molecular formula is C22H22BrN7O2. The first-order chi connectivity index (χ1) is 15.6. The molecular weight excluding hydrogens is 474 g/mol. The number of carbonyl (C=O) groups is 1. The van der Waals surface area contributed by atoms with Crippen LogP contribution in [0, 0.1) is 0 Å². The van der Waals surface area contributed by atoms with Crippen molar-refractivity contribution in [2.45, 2.75) is 18.8 Å². The van der Waals surface area contributed by atoms with E-state index in [0.717, 1.165) is 39.8 Å². The molecule has 0 radical (unpaired) electrons. The summed E-state index contributed by atoms with van der Waals surface area (Å²) in [6.07, 6.45) is 6.80. The smallest absolute Gasteiger partial charge is 0.409 e. The number of nitrogens with zero attached hydrogens (tertiary/aromatic N) is 6. The Morgan fingerprint density at radius 2 is 1.91 bits per heavy atom. The first-order valence-electron chi connectivity index (χ1n) is 10.3. The number of rotatable bonds is 3. The van der Waals surface area contributed by atoms with E-state index in [1.807, 2.05) is 41.2 Å². The van der Waals surface area contributed by atoms with Crippen molar-refractivity contribution < 1.29 is 9.53 Å². The number of methoxy groups -OCH3 is 1. The molecule has 0 saturated carbocycles. The van der Waals surface area contributed by atoms with Crippen LogP contribution in [-0.2, 0) is 4.74 Å². The van der Waals surface area contributed by atoms with Gasteiger partial charge in [0.1, 0.15) is 5.82 Å². The third-order valence-corrected chi connectivity index (χ3v) is 6.69. The summed E-state index contributed by atoms with van der Waals surface area (Å²) in [7, 11) is 1.41. The Hall–Kier alpha value is -3.40. The van der Waals surface area contributed by atoms with Crippen molar-refractivity contribution in [3.8, 4) is 16.8 Å². The number of carbonyl (C=O) groups excluding carboxylic acids is 1. The van der Waals surface area contributed by atoms with Gasteiger partial charge in [0, 0.05) is 36.3 Å². The Kier molecular flexibility index (Phi) is 5.30. The number of likely N-dealkylation sites (tertiary alicyclic amines) is 1. The molecule has 3 aromatic heterocycles. The van der Waals surface area contributed by atoms with Gasteiger partial charge < -0.3 is 15.4 Å². The summed E-state index contributed by atoms with van der Waals surface area (Å²) < 4.78 is 9.06. The molecule has 4 heterocycles. The lowest BCUT2D eigenvalue weighted by Gasteiger charge is -2.31. The van der Waals surface area contributed by atoms with Crippen LogP contribution >= 0.6 is 15.9 Å². The van der Waals surface area contributed by atoms with E-state index < -0.39 is 0 Å². The molecule has 10 heteroatoms. The number of benzene rings is 1. The van der Waals surface area contributed by atoms with Gasteiger partial charge >= 0.3 is 6.09 Å². The minimum absolute atomic E-state index is 0.173. The topological polar surface area (TPSA) is 104 Å². The molecule has 1 fully saturated rings. The molecule has 2 N–H and O–H groups in total. The zero-order valence-corrected chi connectivity index (χ0v) is 19.1. The zero-order chi connectivity index (χ0) is 22.2. The average molecular weight is 496 g/mol. The van der Waals surface area contributed by atoms with Crippen molar-refractivity contribution in [1.82, 2.24) is 29.3 Å². The van der Waals surface area contributed by atoms with E-state index in [1.54, 1.807) is 21.8 Å². The number of aromatic nitrogens is 5. The zero-order valence-electron chi connectivity index (χ0n) is 17.5. The summed E-state index contributed by atoms with van der Waals surface area (Å²) in [6, 6.07) is 9.92. The van der Waals surface area contributed by atoms with Crippen LogP contribution in [0.15, 0.2) is 53.4 Å². The van der Waals surface area contributed by atoms with Crippen molar-refractivity contribution in [2.75, 3.05) is 25.9 Å². The lowest BCUT2D eigenvalue weighted by atomic mass is 9.93. The fraction of sp³-hybridized carbons (Fsp3) is 0.273. The highest BCUT2D eigenvalue weighted by Crippen LogP contribution is 2.37. The van der Waals surface area contributed by atoms with E-state index in [1.165, 1.54) is 7.11 Å². The van der Waals surface area contributed by atoms with Crippen molar-refractivity contribution in [1.29, 1.82) is 0 Å². The number of fused-ring (bicyclic) bond motifs is 1. The first-order valence-corrected chi connectivity index (χ1v) is 11.1. The molecule has 1 aromatic carbocycles. The molecule has 5 rings (SSSR count). The number of amides is 1. The van der Waals surface area contributed by atoms with Crippen LogP contribution in [0.2, 0.25) is 0 Å². The minimum atomic E-state index is -0.293. The number of anilines is 1. The van der Waals surface area contributed by atoms with E-state index >= 15 is 0 Å². The van der Waals surface area contributed by atoms with E-state index in [4.69, 9.17) is 15.5 Å². The highest BCUT2D eigenvalue weighted by atomic mass is 79.9. The Labute approximate surface area is 192 Å². The maximum atomic E-state index is 11.8. The normalized spacial score (nSPS) is 14.8. The maximum absolute atomic E-state index is 11.8. The molecule has 0 spiro atoms. The molecule has 0 atom stereocenters. The molecule has 0 aliphatic carbocycles. The largest absolute Gasteiger partial charge is 0.453 e. The van der Waals surface area contributed by atoms with Gasteiger partial charge in [-0.15, -0.1) is 0 Å². The fourth-order valence-electron chi connectivity index (χ4n) is 4.14. The maximum Gasteiger partial charge on any atom is 0.409 e. The molecule has 1 aliphatic heterocycles. The molecule has 1 aliphatic rings. The highest BCUT2D eigenvalue weighted by Gasteiger charge is 2.28. The van der Waals surface area contributed by atoms with E-state index in [-0.39, 0.29) is 12.0 Å². The summed E-state index contributed by atoms with van der Waals surface area (Å²) in [5.41, 5.74) is 10.7. The Bertz CT molecular complexity index is 1280. The van der Waals surface area contributed by atoms with Gasteiger partial charge in [-0.1, -0.05) is 18.2 Å². The van der Waals surface area contributed by atoms with Gasteiger partial charge in [-0.25, -0.2) is 14.5 Å². The molecule has 0 unspecified atom stereocenters. The van der Waals surface area contributed by atoms with Crippen molar-refractivity contribution >= 4 is 33.5 Å². The highest BCUT2D eigenvalue weighted by molar-refractivity contribution is 9.10. The van der Waals surface area contributed by atoms with E-state index in [2.05, 4.69) is 26.1 Å². The second-order valence-electron chi connectivity index (χ2n) is 7.73. The van der Waals surface area contributed by atoms with Gasteiger partial charge in [-0.2, -0.15) is 14.7 Å². The van der Waals surface area contributed by atoms with Crippen LogP contribution in [-0.4, -0.2) is 55.6 Å². The third kappa shape index (κ3) is 3.50. The van der Waals surface area contributed by atoms with Crippen molar-refractivity contribution in [3.63, 3.8) is 0 Å². The summed E-state index contributed by atoms with van der Waals surface area (Å²) >= 11 is 3.62. The van der Waals surface area contributed by atoms with Crippen LogP contribution in [0.1, 0.15) is 24.5 Å². The summed E-state index contributed by atoms with van der Waals surface area (Å²) in [5.74, 6) is 0.675. The number of para-hydroxylation sites is 1. The predicted octanol–water partition coefficient (Wildman–Crippen LogP) is 3.87. The lowest BCUT2D eigenvalue weighted by molar-refractivity contribution is 0.112. The minimum Gasteiger partial charge on any atom is -0.453 e. The van der Waals surface area contributed by atoms with Crippen LogP contribution in [0.3, 0.4) is 0 Å². The molecule has 9 nitrogen and oxygen atoms in total. The Balaban J connectivity index is 1.50. The quantitative estimate of drug-likeness (QED) is 0.462. The monoisotopic (exact) mass is 495 g/mol. The number of halogens is 1. The number of hydrogen-bond acceptors (Lipinski definition) is 6. The van der Waals surface area contributed by atoms with Crippen molar-refractivity contribution in [3.05, 3.63) is 59.1 Å². The van der Waals surface area contributed by atoms with E-state index in [0.29, 0.717) is 24.6 Å². The second-order valence-corrected chi connectivity index (χ2v) is 8.52. The SMILES string of the molecule is COC(=O)N1CCC(c2nc3c(-c4cnn(-c5ccccc5)c4)cnn3c(N)c2Br)CC1. The van der Waals surface area contributed by atoms with E-state index in [9.17, 15) is 4.79 Å². The summed E-state index contributed by atoms with van der Waals surface area (Å²) in [5, 5.41) is 8.96. The fourth-order valence-corrected chi connectivity index (χ4v) is 4.72. The number of nitrogens with two attached hydrogens (primary N) is 1. The van der Waals surface area contributed by atoms with Gasteiger partial charge in [0.05, 0.1) is 35.4 Å². The second kappa shape index (κ2) is 8.27. The van der Waals surface area contributed by atoms with Gasteiger partial charge in [-0.3, -0.25) is 0 Å². The Morgan fingerprint density at radius 1 is 1.16 bits per heavy atom. The van der Waals surface area contributed by atoms with Crippen LogP contribution in [0.5, 0.6) is 0 Å². The van der Waals surface area contributed by atoms with Crippen molar-refractivity contribution in [2.24, 2.45) is 0 Å². The van der Waals surface area contributed by atoms with Gasteiger partial charge in [0.25, 0.3) is 0 Å². The number of nitrogen functional groups attached to an aromatic ring is 1. The van der Waals surface area contributed by atoms with Gasteiger partial charge in [0.2, 0.25) is 0 Å². The predicted molar refractivity (Wildman–Crippen MR) is 124 cm³/mol. The summed E-state index contributed by atoms with van der Waals surface area (Å²) in [4.78, 5) is 18.5. The molecule has 0 bridgehead atoms. The van der Waals surface area contributed by atoms with Gasteiger partial charge in [0.15, 0.2) is 5.65 Å². The third-order valence-electron chi connectivity index (χ3n) is 5.88. The molecule has 1 saturated heterocycles. The first kappa shape index (κ1) is 20.5. The number of hydrogen-bond donors (Lipinski definition) is 1. The van der Waals surface area contributed by atoms with Crippen LogP contribution in [0.4, 0.5) is 10.6 Å². The number of piperidine rings is 1. The molecule has 164 valence electrons. The molecule has 4 aromatic rings. The summed E-state index contributed by atoms with van der Waals surface area (Å²) in [6.45, 7) is 1.24. The van der Waals surface area contributed by atoms with Gasteiger partial charge in [-0.05, 0) is 40.9 Å². The molecule has 32 heavy (non-hydrogen) atoms. The van der Waals surface area contributed by atoms with Crippen LogP contribution < -0.4 is 5.73 Å². The van der Waals surface area contributed by atoms with Crippen LogP contribution in [0.25, 0.3) is 22.5 Å². The lowest BCUT2D eigenvalue weighted by Crippen LogP contribution is -2.38. The number of ether oxygens (including phenoxy) is 1. The molecule has 1 amide bonds. The standard InChI is InChI=1S/C22H22BrN7O2/c1-32-22(31)28-9-7-14(8-10-28)19-18(23)20(24)30-21(27-19)17(12-26-30)15-11-25-29(13-15)16-5-3-2-4-6-16/h2-6,11-14H,7-10,24H2,1H3. The average Bonchev–Trinajstić information content (AvgIpc) is 3.49.